The lowest BCUT2D eigenvalue weighted by atomic mass is 10.0. The third-order valence-electron chi connectivity index (χ3n) is 4.74. The molecule has 29 heavy (non-hydrogen) atoms. The second kappa shape index (κ2) is 7.78. The van der Waals surface area contributed by atoms with Crippen LogP contribution in [0.1, 0.15) is 24.7 Å². The number of carbonyl (C=O) groups is 1. The third kappa shape index (κ3) is 3.84. The van der Waals surface area contributed by atoms with Crippen LogP contribution in [0.15, 0.2) is 42.2 Å². The van der Waals surface area contributed by atoms with Gasteiger partial charge in [0, 0.05) is 18.7 Å². The highest BCUT2D eigenvalue weighted by Gasteiger charge is 2.19. The standard InChI is InChI=1S/C20H19FN6O2/c1-12(28)15(19(22)13-4-6-14(21)7-5-13)11-29-18-10-23-16(9-24-18)20-26-25-17-3-2-8-27(17)20/h4-7,9-10H,2-3,8,11,22H2,1H3/b19-15-. The van der Waals surface area contributed by atoms with E-state index in [1.807, 2.05) is 4.57 Å². The largest absolute Gasteiger partial charge is 0.471 e. The van der Waals surface area contributed by atoms with Crippen LogP contribution < -0.4 is 10.5 Å². The number of ether oxygens (including phenoxy) is 1. The Bertz CT molecular complexity index is 1070. The van der Waals surface area contributed by atoms with E-state index in [1.54, 1.807) is 6.20 Å². The number of aromatic nitrogens is 5. The SMILES string of the molecule is CC(=O)/C(COc1cnc(-c2nnc3n2CCC3)cn1)=C(\N)c1ccc(F)cc1. The van der Waals surface area contributed by atoms with E-state index >= 15 is 0 Å². The summed E-state index contributed by atoms with van der Waals surface area (Å²) in [5.74, 6) is 1.27. The molecule has 0 amide bonds. The zero-order valence-electron chi connectivity index (χ0n) is 15.8. The van der Waals surface area contributed by atoms with Gasteiger partial charge in [0.2, 0.25) is 5.88 Å². The first-order chi connectivity index (χ1) is 14.0. The van der Waals surface area contributed by atoms with E-state index in [-0.39, 0.29) is 35.4 Å². The average Bonchev–Trinajstić information content (AvgIpc) is 3.33. The fourth-order valence-corrected chi connectivity index (χ4v) is 3.17. The van der Waals surface area contributed by atoms with Gasteiger partial charge in [-0.2, -0.15) is 0 Å². The van der Waals surface area contributed by atoms with Crippen molar-refractivity contribution in [3.8, 4) is 17.4 Å². The van der Waals surface area contributed by atoms with E-state index in [0.717, 1.165) is 25.2 Å². The maximum Gasteiger partial charge on any atom is 0.232 e. The summed E-state index contributed by atoms with van der Waals surface area (Å²) in [5, 5.41) is 8.33. The Balaban J connectivity index is 1.50. The molecule has 4 rings (SSSR count). The van der Waals surface area contributed by atoms with Crippen LogP contribution in [0.4, 0.5) is 4.39 Å². The summed E-state index contributed by atoms with van der Waals surface area (Å²) in [6, 6.07) is 5.59. The third-order valence-corrected chi connectivity index (χ3v) is 4.74. The van der Waals surface area contributed by atoms with Gasteiger partial charge in [-0.25, -0.2) is 14.4 Å². The second-order valence-electron chi connectivity index (χ2n) is 6.68. The number of benzene rings is 1. The lowest BCUT2D eigenvalue weighted by molar-refractivity contribution is -0.113. The molecule has 0 saturated heterocycles. The van der Waals surface area contributed by atoms with Crippen LogP contribution in [0.2, 0.25) is 0 Å². The second-order valence-corrected chi connectivity index (χ2v) is 6.68. The molecule has 0 atom stereocenters. The first-order valence-corrected chi connectivity index (χ1v) is 9.15. The molecule has 3 heterocycles. The molecule has 0 unspecified atom stereocenters. The maximum atomic E-state index is 13.1. The highest BCUT2D eigenvalue weighted by atomic mass is 19.1. The van der Waals surface area contributed by atoms with Crippen LogP contribution in [-0.4, -0.2) is 37.1 Å². The van der Waals surface area contributed by atoms with E-state index in [0.29, 0.717) is 17.1 Å². The zero-order valence-corrected chi connectivity index (χ0v) is 15.8. The van der Waals surface area contributed by atoms with Crippen LogP contribution in [0, 0.1) is 5.82 Å². The number of Topliss-reactive ketones (excluding diaryl/α,β-unsaturated/α-hetero) is 1. The number of hydrogen-bond acceptors (Lipinski definition) is 7. The molecule has 0 fully saturated rings. The quantitative estimate of drug-likeness (QED) is 0.638. The fourth-order valence-electron chi connectivity index (χ4n) is 3.17. The zero-order chi connectivity index (χ0) is 20.4. The number of fused-ring (bicyclic) bond motifs is 1. The van der Waals surface area contributed by atoms with E-state index in [9.17, 15) is 9.18 Å². The predicted molar refractivity (Wildman–Crippen MR) is 103 cm³/mol. The van der Waals surface area contributed by atoms with E-state index in [4.69, 9.17) is 10.5 Å². The van der Waals surface area contributed by atoms with E-state index in [1.165, 1.54) is 37.4 Å². The van der Waals surface area contributed by atoms with Crippen molar-refractivity contribution >= 4 is 11.5 Å². The molecule has 0 radical (unpaired) electrons. The lowest BCUT2D eigenvalue weighted by Gasteiger charge is -2.11. The number of aryl methyl sites for hydroxylation is 1. The number of nitrogens with two attached hydrogens (primary N) is 1. The number of hydrogen-bond donors (Lipinski definition) is 1. The summed E-state index contributed by atoms with van der Waals surface area (Å²) in [7, 11) is 0. The Morgan fingerprint density at radius 1 is 1.21 bits per heavy atom. The van der Waals surface area contributed by atoms with Crippen molar-refractivity contribution in [3.63, 3.8) is 0 Å². The number of ketones is 1. The minimum absolute atomic E-state index is 0.0765. The summed E-state index contributed by atoms with van der Waals surface area (Å²) in [6.07, 6.45) is 4.99. The molecule has 0 aliphatic carbocycles. The average molecular weight is 394 g/mol. The van der Waals surface area contributed by atoms with Gasteiger partial charge in [0.1, 0.15) is 23.9 Å². The van der Waals surface area contributed by atoms with Gasteiger partial charge in [-0.1, -0.05) is 0 Å². The molecule has 2 aromatic heterocycles. The first-order valence-electron chi connectivity index (χ1n) is 9.15. The minimum Gasteiger partial charge on any atom is -0.471 e. The van der Waals surface area contributed by atoms with Crippen molar-refractivity contribution in [1.29, 1.82) is 0 Å². The Morgan fingerprint density at radius 2 is 2.00 bits per heavy atom. The molecule has 1 aliphatic heterocycles. The van der Waals surface area contributed by atoms with Gasteiger partial charge < -0.3 is 15.0 Å². The monoisotopic (exact) mass is 394 g/mol. The molecule has 148 valence electrons. The lowest BCUT2D eigenvalue weighted by Crippen LogP contribution is -2.15. The van der Waals surface area contributed by atoms with Gasteiger partial charge in [-0.3, -0.25) is 4.79 Å². The van der Waals surface area contributed by atoms with Crippen LogP contribution in [-0.2, 0) is 17.8 Å². The topological polar surface area (TPSA) is 109 Å². The highest BCUT2D eigenvalue weighted by Crippen LogP contribution is 2.22. The Morgan fingerprint density at radius 3 is 2.69 bits per heavy atom. The van der Waals surface area contributed by atoms with Crippen molar-refractivity contribution in [2.45, 2.75) is 26.3 Å². The molecule has 1 aliphatic rings. The number of halogens is 1. The number of rotatable bonds is 6. The summed E-state index contributed by atoms with van der Waals surface area (Å²) < 4.78 is 20.8. The van der Waals surface area contributed by atoms with Gasteiger partial charge in [-0.05, 0) is 43.2 Å². The van der Waals surface area contributed by atoms with Gasteiger partial charge in [-0.15, -0.1) is 10.2 Å². The van der Waals surface area contributed by atoms with Crippen LogP contribution in [0.25, 0.3) is 17.2 Å². The van der Waals surface area contributed by atoms with Gasteiger partial charge in [0.05, 0.1) is 18.0 Å². The molecule has 0 spiro atoms. The number of nitrogens with zero attached hydrogens (tertiary/aromatic N) is 5. The normalized spacial score (nSPS) is 13.7. The van der Waals surface area contributed by atoms with E-state index in [2.05, 4.69) is 20.2 Å². The Labute approximate surface area is 166 Å². The Kier molecular flexibility index (Phi) is 5.03. The van der Waals surface area contributed by atoms with Gasteiger partial charge in [0.15, 0.2) is 11.6 Å². The van der Waals surface area contributed by atoms with Crippen molar-refractivity contribution in [2.24, 2.45) is 5.73 Å². The van der Waals surface area contributed by atoms with Gasteiger partial charge in [0.25, 0.3) is 0 Å². The van der Waals surface area contributed by atoms with Crippen LogP contribution >= 0.6 is 0 Å². The summed E-state index contributed by atoms with van der Waals surface area (Å²) in [4.78, 5) is 20.6. The minimum atomic E-state index is -0.379. The smallest absolute Gasteiger partial charge is 0.232 e. The summed E-state index contributed by atoms with van der Waals surface area (Å²) >= 11 is 0. The van der Waals surface area contributed by atoms with Crippen LogP contribution in [0.5, 0.6) is 5.88 Å². The highest BCUT2D eigenvalue weighted by molar-refractivity contribution is 6.00. The van der Waals surface area contributed by atoms with Crippen molar-refractivity contribution in [3.05, 3.63) is 59.4 Å². The summed E-state index contributed by atoms with van der Waals surface area (Å²) in [6.45, 7) is 2.19. The molecule has 0 saturated carbocycles. The molecule has 1 aromatic carbocycles. The summed E-state index contributed by atoms with van der Waals surface area (Å²) in [5.41, 5.74) is 7.76. The van der Waals surface area contributed by atoms with Gasteiger partial charge >= 0.3 is 0 Å². The molecular weight excluding hydrogens is 375 g/mol. The molecule has 2 N–H and O–H groups in total. The van der Waals surface area contributed by atoms with Crippen molar-refractivity contribution < 1.29 is 13.9 Å². The first kappa shape index (κ1) is 18.7. The molecule has 9 heteroatoms. The molecule has 0 bridgehead atoms. The fraction of sp³-hybridized carbons (Fsp3) is 0.250. The molecule has 3 aromatic rings. The van der Waals surface area contributed by atoms with Crippen molar-refractivity contribution in [1.82, 2.24) is 24.7 Å². The molecular formula is C20H19FN6O2. The number of carbonyl (C=O) groups excluding carboxylic acids is 1. The molecule has 8 nitrogen and oxygen atoms in total. The van der Waals surface area contributed by atoms with Crippen molar-refractivity contribution in [2.75, 3.05) is 6.61 Å². The maximum absolute atomic E-state index is 13.1. The van der Waals surface area contributed by atoms with E-state index < -0.39 is 0 Å². The Hall–Kier alpha value is -3.62. The van der Waals surface area contributed by atoms with Crippen LogP contribution in [0.3, 0.4) is 0 Å². The predicted octanol–water partition coefficient (Wildman–Crippen LogP) is 2.16.